The van der Waals surface area contributed by atoms with Crippen molar-refractivity contribution in [2.45, 2.75) is 53.1 Å². The second kappa shape index (κ2) is 11.1. The average molecular weight is 491 g/mol. The number of benzene rings is 2. The quantitative estimate of drug-likeness (QED) is 0.439. The lowest BCUT2D eigenvalue weighted by atomic mass is 10.1. The summed E-state index contributed by atoms with van der Waals surface area (Å²) in [6.07, 6.45) is 3.15. The fourth-order valence-electron chi connectivity index (χ4n) is 4.92. The third-order valence-corrected chi connectivity index (χ3v) is 7.07. The van der Waals surface area contributed by atoms with Crippen LogP contribution in [0.25, 0.3) is 10.9 Å². The van der Waals surface area contributed by atoms with Crippen molar-refractivity contribution in [3.63, 3.8) is 0 Å². The van der Waals surface area contributed by atoms with Gasteiger partial charge in [-0.2, -0.15) is 5.10 Å². The Balaban J connectivity index is 1.55. The first kappa shape index (κ1) is 25.7. The van der Waals surface area contributed by atoms with Gasteiger partial charge in [0.1, 0.15) is 0 Å². The molecule has 0 fully saturated rings. The third kappa shape index (κ3) is 5.54. The van der Waals surface area contributed by atoms with E-state index < -0.39 is 0 Å². The molecule has 0 saturated heterocycles. The summed E-state index contributed by atoms with van der Waals surface area (Å²) < 4.78 is 1.87. The maximum absolute atomic E-state index is 13.5. The first-order valence-corrected chi connectivity index (χ1v) is 12.8. The van der Waals surface area contributed by atoms with E-state index in [0.717, 1.165) is 47.1 Å². The lowest BCUT2D eigenvalue weighted by Gasteiger charge is -2.32. The van der Waals surface area contributed by atoms with E-state index in [0.29, 0.717) is 19.6 Å². The van der Waals surface area contributed by atoms with Crippen LogP contribution in [-0.2, 0) is 29.7 Å². The molecule has 36 heavy (non-hydrogen) atoms. The zero-order valence-corrected chi connectivity index (χ0v) is 22.2. The van der Waals surface area contributed by atoms with Crippen LogP contribution in [0.15, 0.2) is 36.4 Å². The molecule has 0 spiro atoms. The molecule has 1 N–H and O–H groups in total. The molecule has 0 unspecified atom stereocenters. The van der Waals surface area contributed by atoms with Gasteiger partial charge in [0.25, 0.3) is 5.91 Å². The highest BCUT2D eigenvalue weighted by atomic mass is 16.2. The van der Waals surface area contributed by atoms with Crippen LogP contribution in [0, 0.1) is 13.8 Å². The summed E-state index contributed by atoms with van der Waals surface area (Å²) in [5.74, 6) is -0.124. The largest absolute Gasteiger partial charge is 0.355 e. The van der Waals surface area contributed by atoms with Crippen molar-refractivity contribution in [3.8, 4) is 0 Å². The monoisotopic (exact) mass is 490 g/mol. The Labute approximate surface area is 213 Å². The molecular weight excluding hydrogens is 452 g/mol. The van der Waals surface area contributed by atoms with Crippen molar-refractivity contribution in [1.82, 2.24) is 25.1 Å². The fourth-order valence-corrected chi connectivity index (χ4v) is 4.92. The number of nitrogens with one attached hydrogen (secondary N) is 1. The molecule has 0 saturated carbocycles. The minimum atomic E-state index is -0.0717. The lowest BCUT2D eigenvalue weighted by molar-refractivity contribution is -0.145. The number of anilines is 1. The smallest absolute Gasteiger partial charge is 0.256 e. The van der Waals surface area contributed by atoms with Crippen LogP contribution in [0.3, 0.4) is 0 Å². The summed E-state index contributed by atoms with van der Waals surface area (Å²) in [6, 6.07) is 12.4. The van der Waals surface area contributed by atoms with Gasteiger partial charge in [-0.25, -0.2) is 5.01 Å². The van der Waals surface area contributed by atoms with Crippen LogP contribution in [-0.4, -0.2) is 58.3 Å². The zero-order chi connectivity index (χ0) is 25.8. The van der Waals surface area contributed by atoms with E-state index in [1.165, 1.54) is 11.1 Å². The van der Waals surface area contributed by atoms with Crippen LogP contribution in [0.5, 0.6) is 0 Å². The van der Waals surface area contributed by atoms with Gasteiger partial charge in [-0.15, -0.1) is 0 Å². The average Bonchev–Trinajstić information content (AvgIpc) is 3.40. The van der Waals surface area contributed by atoms with E-state index in [2.05, 4.69) is 46.6 Å². The Morgan fingerprint density at radius 1 is 1.06 bits per heavy atom. The van der Waals surface area contributed by atoms with Crippen molar-refractivity contribution in [2.75, 3.05) is 31.6 Å². The molecule has 0 aliphatic carbocycles. The highest BCUT2D eigenvalue weighted by Gasteiger charge is 2.27. The Morgan fingerprint density at radius 3 is 2.42 bits per heavy atom. The molecule has 3 aromatic rings. The molecule has 2 amide bonds. The van der Waals surface area contributed by atoms with E-state index in [-0.39, 0.29) is 24.9 Å². The number of hydrogen-bond donors (Lipinski definition) is 1. The molecule has 0 atom stereocenters. The Bertz CT molecular complexity index is 1230. The molecule has 192 valence electrons. The first-order chi connectivity index (χ1) is 17.3. The highest BCUT2D eigenvalue weighted by molar-refractivity contribution is 5.91. The number of fused-ring (bicyclic) bond motifs is 2. The predicted octanol–water partition coefficient (Wildman–Crippen LogP) is 3.69. The number of unbranched alkanes of at least 4 members (excludes halogenated alkanes) is 2. The summed E-state index contributed by atoms with van der Waals surface area (Å²) in [7, 11) is 3.75. The Morgan fingerprint density at radius 2 is 1.75 bits per heavy atom. The van der Waals surface area contributed by atoms with Gasteiger partial charge in [-0.3, -0.25) is 19.3 Å². The van der Waals surface area contributed by atoms with Gasteiger partial charge in [0.2, 0.25) is 5.91 Å². The summed E-state index contributed by atoms with van der Waals surface area (Å²) in [5, 5.41) is 12.4. The molecule has 1 aliphatic heterocycles. The van der Waals surface area contributed by atoms with Crippen molar-refractivity contribution < 1.29 is 9.59 Å². The van der Waals surface area contributed by atoms with Gasteiger partial charge in [0.05, 0.1) is 24.3 Å². The first-order valence-electron chi connectivity index (χ1n) is 12.8. The number of carbonyl (C=O) groups is 2. The minimum absolute atomic E-state index is 0.0519. The third-order valence-electron chi connectivity index (χ3n) is 7.07. The van der Waals surface area contributed by atoms with Gasteiger partial charge in [-0.05, 0) is 49.1 Å². The molecule has 1 aromatic heterocycles. The molecule has 8 heteroatoms. The number of hydrogen-bond acceptors (Lipinski definition) is 5. The summed E-state index contributed by atoms with van der Waals surface area (Å²) in [6.45, 7) is 8.44. The van der Waals surface area contributed by atoms with E-state index in [4.69, 9.17) is 0 Å². The van der Waals surface area contributed by atoms with Gasteiger partial charge in [0, 0.05) is 44.8 Å². The molecule has 8 nitrogen and oxygen atoms in total. The van der Waals surface area contributed by atoms with Crippen LogP contribution in [0.2, 0.25) is 0 Å². The van der Waals surface area contributed by atoms with Gasteiger partial charge < -0.3 is 10.2 Å². The number of rotatable bonds is 10. The molecule has 2 heterocycles. The summed E-state index contributed by atoms with van der Waals surface area (Å²) >= 11 is 0. The standard InChI is InChI=1S/C28H38N6O2/c1-6-7-10-13-29-27(35)18-33(25-15-24-21(3)30-31(4)26(24)14-20(25)2)19-28(36)32(5)34-16-22-11-8-9-12-23(22)17-34/h8-9,11-12,14-15H,6-7,10,13,16-19H2,1-5H3,(H,29,35). The zero-order valence-electron chi connectivity index (χ0n) is 22.2. The van der Waals surface area contributed by atoms with Crippen LogP contribution in [0.4, 0.5) is 5.69 Å². The van der Waals surface area contributed by atoms with Crippen molar-refractivity contribution in [3.05, 3.63) is 58.8 Å². The maximum atomic E-state index is 13.5. The lowest BCUT2D eigenvalue weighted by Crippen LogP contribution is -2.48. The predicted molar refractivity (Wildman–Crippen MR) is 143 cm³/mol. The highest BCUT2D eigenvalue weighted by Crippen LogP contribution is 2.29. The number of hydrazine groups is 1. The number of likely N-dealkylation sites (N-methyl/N-ethyl adjacent to an activating group) is 1. The molecular formula is C28H38N6O2. The molecule has 0 radical (unpaired) electrons. The van der Waals surface area contributed by atoms with Crippen LogP contribution in [0.1, 0.15) is 48.6 Å². The maximum Gasteiger partial charge on any atom is 0.256 e. The topological polar surface area (TPSA) is 73.7 Å². The Kier molecular flexibility index (Phi) is 7.94. The second-order valence-electron chi connectivity index (χ2n) is 9.79. The fraction of sp³-hybridized carbons (Fsp3) is 0.464. The Hall–Kier alpha value is -3.39. The molecule has 0 bridgehead atoms. The van der Waals surface area contributed by atoms with Gasteiger partial charge in [-0.1, -0.05) is 44.0 Å². The van der Waals surface area contributed by atoms with E-state index in [1.807, 2.05) is 49.7 Å². The number of aryl methyl sites for hydroxylation is 3. The van der Waals surface area contributed by atoms with Crippen molar-refractivity contribution in [2.24, 2.45) is 7.05 Å². The van der Waals surface area contributed by atoms with Gasteiger partial charge >= 0.3 is 0 Å². The second-order valence-corrected chi connectivity index (χ2v) is 9.79. The number of nitrogens with zero attached hydrogens (tertiary/aromatic N) is 5. The number of amides is 2. The van der Waals surface area contributed by atoms with Gasteiger partial charge in [0.15, 0.2) is 0 Å². The van der Waals surface area contributed by atoms with Crippen LogP contribution >= 0.6 is 0 Å². The van der Waals surface area contributed by atoms with Crippen LogP contribution < -0.4 is 10.2 Å². The summed E-state index contributed by atoms with van der Waals surface area (Å²) in [4.78, 5) is 28.3. The number of aromatic nitrogens is 2. The molecule has 1 aliphatic rings. The summed E-state index contributed by atoms with van der Waals surface area (Å²) in [5.41, 5.74) is 6.34. The SMILES string of the molecule is CCCCCNC(=O)CN(CC(=O)N(C)N1Cc2ccccc2C1)c1cc2c(C)nn(C)c2cc1C. The van der Waals surface area contributed by atoms with Crippen molar-refractivity contribution >= 4 is 28.4 Å². The van der Waals surface area contributed by atoms with E-state index in [1.54, 1.807) is 5.01 Å². The van der Waals surface area contributed by atoms with E-state index >= 15 is 0 Å². The number of carbonyl (C=O) groups excluding carboxylic acids is 2. The van der Waals surface area contributed by atoms with E-state index in [9.17, 15) is 9.59 Å². The van der Waals surface area contributed by atoms with Crippen molar-refractivity contribution in [1.29, 1.82) is 0 Å². The normalized spacial score (nSPS) is 13.1. The molecule has 2 aromatic carbocycles. The minimum Gasteiger partial charge on any atom is -0.355 e. The molecule has 4 rings (SSSR count).